The molecular formula is C4H10N4. The molecule has 0 atom stereocenters. The SMILES string of the molecule is NCCC1=CNNN1. The minimum Gasteiger partial charge on any atom is -0.330 e. The summed E-state index contributed by atoms with van der Waals surface area (Å²) in [6.45, 7) is 0.683. The summed E-state index contributed by atoms with van der Waals surface area (Å²) < 4.78 is 0. The third-order valence-corrected chi connectivity index (χ3v) is 0.955. The van der Waals surface area contributed by atoms with Crippen molar-refractivity contribution in [3.8, 4) is 0 Å². The number of hydrogen-bond acceptors (Lipinski definition) is 4. The van der Waals surface area contributed by atoms with Crippen LogP contribution in [0.2, 0.25) is 0 Å². The predicted molar refractivity (Wildman–Crippen MR) is 31.2 cm³/mol. The molecule has 5 N–H and O–H groups in total. The van der Waals surface area contributed by atoms with Crippen LogP contribution in [-0.4, -0.2) is 6.54 Å². The van der Waals surface area contributed by atoms with Crippen molar-refractivity contribution in [3.63, 3.8) is 0 Å². The fraction of sp³-hybridized carbons (Fsp3) is 0.500. The highest BCUT2D eigenvalue weighted by molar-refractivity contribution is 4.99. The van der Waals surface area contributed by atoms with Crippen molar-refractivity contribution in [1.82, 2.24) is 16.4 Å². The van der Waals surface area contributed by atoms with Crippen LogP contribution >= 0.6 is 0 Å². The van der Waals surface area contributed by atoms with Gasteiger partial charge in [0, 0.05) is 18.3 Å². The monoisotopic (exact) mass is 114 g/mol. The lowest BCUT2D eigenvalue weighted by Crippen LogP contribution is -2.31. The van der Waals surface area contributed by atoms with E-state index < -0.39 is 0 Å². The summed E-state index contributed by atoms with van der Waals surface area (Å²) in [4.78, 5) is 0. The molecule has 0 aromatic rings. The van der Waals surface area contributed by atoms with Crippen LogP contribution in [0.3, 0.4) is 0 Å². The largest absolute Gasteiger partial charge is 0.330 e. The van der Waals surface area contributed by atoms with Crippen molar-refractivity contribution in [2.75, 3.05) is 6.54 Å². The summed E-state index contributed by atoms with van der Waals surface area (Å²) in [7, 11) is 0. The Balaban J connectivity index is 2.23. The molecule has 0 saturated heterocycles. The molecule has 0 unspecified atom stereocenters. The molecule has 1 aliphatic heterocycles. The first kappa shape index (κ1) is 5.40. The standard InChI is InChI=1S/C4H10N4/c5-2-1-4-3-6-8-7-4/h3,6-8H,1-2,5H2. The summed E-state index contributed by atoms with van der Waals surface area (Å²) in [5.74, 6) is 0. The molecule has 46 valence electrons. The Bertz CT molecular complexity index is 98.2. The van der Waals surface area contributed by atoms with Gasteiger partial charge in [-0.15, -0.1) is 0 Å². The van der Waals surface area contributed by atoms with E-state index in [1.807, 2.05) is 6.20 Å². The van der Waals surface area contributed by atoms with Crippen LogP contribution in [0.5, 0.6) is 0 Å². The van der Waals surface area contributed by atoms with Crippen molar-refractivity contribution < 1.29 is 0 Å². The minimum atomic E-state index is 0.683. The first-order valence-corrected chi connectivity index (χ1v) is 2.59. The third kappa shape index (κ3) is 1.11. The van der Waals surface area contributed by atoms with Crippen LogP contribution < -0.4 is 22.1 Å². The molecule has 0 amide bonds. The quantitative estimate of drug-likeness (QED) is 0.364. The van der Waals surface area contributed by atoms with Crippen LogP contribution in [0, 0.1) is 0 Å². The molecule has 0 spiro atoms. The average molecular weight is 114 g/mol. The van der Waals surface area contributed by atoms with Crippen molar-refractivity contribution in [2.24, 2.45) is 5.73 Å². The zero-order valence-electron chi connectivity index (χ0n) is 4.57. The van der Waals surface area contributed by atoms with Crippen LogP contribution in [0.15, 0.2) is 11.9 Å². The molecular weight excluding hydrogens is 104 g/mol. The third-order valence-electron chi connectivity index (χ3n) is 0.955. The highest BCUT2D eigenvalue weighted by Gasteiger charge is 1.97. The van der Waals surface area contributed by atoms with Gasteiger partial charge in [0.15, 0.2) is 0 Å². The Morgan fingerprint density at radius 2 is 2.50 bits per heavy atom. The number of nitrogens with one attached hydrogen (secondary N) is 3. The molecule has 0 aromatic carbocycles. The van der Waals surface area contributed by atoms with Crippen LogP contribution in [0.25, 0.3) is 0 Å². The van der Waals surface area contributed by atoms with Crippen LogP contribution in [-0.2, 0) is 0 Å². The van der Waals surface area contributed by atoms with Crippen molar-refractivity contribution in [3.05, 3.63) is 11.9 Å². The second kappa shape index (κ2) is 2.54. The normalized spacial score (nSPS) is 16.9. The van der Waals surface area contributed by atoms with Gasteiger partial charge in [0.05, 0.1) is 0 Å². The molecule has 0 radical (unpaired) electrons. The summed E-state index contributed by atoms with van der Waals surface area (Å²) in [6.07, 6.45) is 2.74. The summed E-state index contributed by atoms with van der Waals surface area (Å²) >= 11 is 0. The molecule has 1 heterocycles. The van der Waals surface area contributed by atoms with E-state index in [1.165, 1.54) is 0 Å². The van der Waals surface area contributed by atoms with Gasteiger partial charge < -0.3 is 16.6 Å². The van der Waals surface area contributed by atoms with Gasteiger partial charge in [-0.3, -0.25) is 0 Å². The highest BCUT2D eigenvalue weighted by atomic mass is 15.6. The number of hydrazine groups is 2. The fourth-order valence-corrected chi connectivity index (χ4v) is 0.566. The first-order chi connectivity index (χ1) is 3.93. The van der Waals surface area contributed by atoms with E-state index in [-0.39, 0.29) is 0 Å². The minimum absolute atomic E-state index is 0.683. The van der Waals surface area contributed by atoms with Gasteiger partial charge in [-0.05, 0) is 6.54 Å². The first-order valence-electron chi connectivity index (χ1n) is 2.59. The Hall–Kier alpha value is -0.740. The zero-order valence-corrected chi connectivity index (χ0v) is 4.57. The molecule has 0 bridgehead atoms. The van der Waals surface area contributed by atoms with Gasteiger partial charge in [-0.2, -0.15) is 5.53 Å². The molecule has 0 aromatic heterocycles. The number of rotatable bonds is 2. The van der Waals surface area contributed by atoms with E-state index >= 15 is 0 Å². The molecule has 1 rings (SSSR count). The summed E-state index contributed by atoms with van der Waals surface area (Å²) in [5.41, 5.74) is 14.7. The van der Waals surface area contributed by atoms with E-state index in [0.29, 0.717) is 6.54 Å². The van der Waals surface area contributed by atoms with Gasteiger partial charge in [-0.1, -0.05) is 0 Å². The van der Waals surface area contributed by atoms with E-state index in [4.69, 9.17) is 5.73 Å². The molecule has 0 fully saturated rings. The van der Waals surface area contributed by atoms with Crippen LogP contribution in [0.1, 0.15) is 6.42 Å². The maximum Gasteiger partial charge on any atom is 0.0463 e. The lowest BCUT2D eigenvalue weighted by atomic mass is 10.3. The highest BCUT2D eigenvalue weighted by Crippen LogP contribution is 1.92. The fourth-order valence-electron chi connectivity index (χ4n) is 0.566. The maximum absolute atomic E-state index is 5.27. The summed E-state index contributed by atoms with van der Waals surface area (Å²) in [5, 5.41) is 0. The Morgan fingerprint density at radius 3 is 3.00 bits per heavy atom. The number of hydrogen-bond donors (Lipinski definition) is 4. The van der Waals surface area contributed by atoms with Gasteiger partial charge in [0.1, 0.15) is 0 Å². The molecule has 4 heteroatoms. The van der Waals surface area contributed by atoms with Crippen molar-refractivity contribution in [2.45, 2.75) is 6.42 Å². The van der Waals surface area contributed by atoms with Gasteiger partial charge in [-0.25, -0.2) is 0 Å². The average Bonchev–Trinajstić information content (AvgIpc) is 2.19. The zero-order chi connectivity index (χ0) is 5.82. The van der Waals surface area contributed by atoms with Crippen LogP contribution in [0.4, 0.5) is 0 Å². The smallest absolute Gasteiger partial charge is 0.0463 e. The lowest BCUT2D eigenvalue weighted by molar-refractivity contribution is 0.590. The summed E-state index contributed by atoms with van der Waals surface area (Å²) in [6, 6.07) is 0. The number of nitrogens with two attached hydrogens (primary N) is 1. The Kier molecular flexibility index (Phi) is 1.71. The topological polar surface area (TPSA) is 62.1 Å². The maximum atomic E-state index is 5.27. The molecule has 4 nitrogen and oxygen atoms in total. The molecule has 1 aliphatic rings. The van der Waals surface area contributed by atoms with Gasteiger partial charge >= 0.3 is 0 Å². The van der Waals surface area contributed by atoms with E-state index in [9.17, 15) is 0 Å². The lowest BCUT2D eigenvalue weighted by Gasteiger charge is -1.97. The van der Waals surface area contributed by atoms with Gasteiger partial charge in [0.25, 0.3) is 0 Å². The molecule has 0 aliphatic carbocycles. The van der Waals surface area contributed by atoms with E-state index in [0.717, 1.165) is 12.1 Å². The second-order valence-corrected chi connectivity index (χ2v) is 1.60. The molecule has 8 heavy (non-hydrogen) atoms. The Morgan fingerprint density at radius 1 is 1.62 bits per heavy atom. The van der Waals surface area contributed by atoms with Crippen molar-refractivity contribution in [1.29, 1.82) is 0 Å². The molecule has 0 saturated carbocycles. The van der Waals surface area contributed by atoms with E-state index in [1.54, 1.807) is 0 Å². The second-order valence-electron chi connectivity index (χ2n) is 1.60. The van der Waals surface area contributed by atoms with Gasteiger partial charge in [0.2, 0.25) is 0 Å². The van der Waals surface area contributed by atoms with E-state index in [2.05, 4.69) is 16.4 Å². The van der Waals surface area contributed by atoms with Crippen molar-refractivity contribution >= 4 is 0 Å². The predicted octanol–water partition coefficient (Wildman–Crippen LogP) is -1.21. The Labute approximate surface area is 48.1 Å².